The molecule has 238 valence electrons. The SMILES string of the molecule is CC(C)(C)c1ccc2c(c1)c1cc(N(c3ccccc3)c3ccc(N(c4ccccc4)c4ccccc4)nc3)ccc1n2-c1ccccc1. The zero-order chi connectivity index (χ0) is 33.4. The molecule has 2 aromatic heterocycles. The molecule has 0 aliphatic rings. The summed E-state index contributed by atoms with van der Waals surface area (Å²) >= 11 is 0. The Labute approximate surface area is 288 Å². The molecule has 0 saturated carbocycles. The van der Waals surface area contributed by atoms with Crippen molar-refractivity contribution in [1.29, 1.82) is 0 Å². The van der Waals surface area contributed by atoms with Crippen LogP contribution >= 0.6 is 0 Å². The Morgan fingerprint density at radius 2 is 0.939 bits per heavy atom. The van der Waals surface area contributed by atoms with Crippen LogP contribution < -0.4 is 9.80 Å². The van der Waals surface area contributed by atoms with Crippen LogP contribution in [0.3, 0.4) is 0 Å². The minimum absolute atomic E-state index is 0.0316. The lowest BCUT2D eigenvalue weighted by Crippen LogP contribution is -2.13. The van der Waals surface area contributed by atoms with Gasteiger partial charge in [-0.2, -0.15) is 0 Å². The van der Waals surface area contributed by atoms with Crippen LogP contribution in [-0.2, 0) is 5.41 Å². The van der Waals surface area contributed by atoms with Gasteiger partial charge in [0.05, 0.1) is 22.9 Å². The van der Waals surface area contributed by atoms with E-state index in [-0.39, 0.29) is 5.41 Å². The van der Waals surface area contributed by atoms with Gasteiger partial charge < -0.3 is 9.47 Å². The number of fused-ring (bicyclic) bond motifs is 3. The molecule has 0 fully saturated rings. The molecule has 8 rings (SSSR count). The Hall–Kier alpha value is -6.13. The van der Waals surface area contributed by atoms with Gasteiger partial charge in [0.1, 0.15) is 5.82 Å². The lowest BCUT2D eigenvalue weighted by Gasteiger charge is -2.27. The zero-order valence-corrected chi connectivity index (χ0v) is 28.0. The van der Waals surface area contributed by atoms with Gasteiger partial charge in [-0.1, -0.05) is 99.6 Å². The van der Waals surface area contributed by atoms with Crippen LogP contribution in [0.1, 0.15) is 26.3 Å². The molecule has 0 radical (unpaired) electrons. The summed E-state index contributed by atoms with van der Waals surface area (Å²) < 4.78 is 2.38. The van der Waals surface area contributed by atoms with Crippen molar-refractivity contribution in [3.8, 4) is 5.69 Å². The number of pyridine rings is 1. The molecule has 0 atom stereocenters. The lowest BCUT2D eigenvalue weighted by molar-refractivity contribution is 0.591. The predicted molar refractivity (Wildman–Crippen MR) is 207 cm³/mol. The number of hydrogen-bond acceptors (Lipinski definition) is 3. The van der Waals surface area contributed by atoms with Crippen molar-refractivity contribution >= 4 is 56.1 Å². The van der Waals surface area contributed by atoms with Gasteiger partial charge in [-0.3, -0.25) is 4.90 Å². The van der Waals surface area contributed by atoms with Gasteiger partial charge in [0.25, 0.3) is 0 Å². The van der Waals surface area contributed by atoms with Crippen molar-refractivity contribution in [3.63, 3.8) is 0 Å². The normalized spacial score (nSPS) is 11.6. The van der Waals surface area contributed by atoms with Gasteiger partial charge in [0, 0.05) is 39.2 Å². The quantitative estimate of drug-likeness (QED) is 0.174. The summed E-state index contributed by atoms with van der Waals surface area (Å²) in [7, 11) is 0. The Bertz CT molecular complexity index is 2300. The van der Waals surface area contributed by atoms with E-state index in [4.69, 9.17) is 4.98 Å². The molecule has 0 amide bonds. The smallest absolute Gasteiger partial charge is 0.137 e. The van der Waals surface area contributed by atoms with Crippen molar-refractivity contribution in [3.05, 3.63) is 182 Å². The fourth-order valence-corrected chi connectivity index (χ4v) is 6.71. The second kappa shape index (κ2) is 12.5. The summed E-state index contributed by atoms with van der Waals surface area (Å²) in [4.78, 5) is 9.56. The third kappa shape index (κ3) is 5.72. The van der Waals surface area contributed by atoms with E-state index in [0.29, 0.717) is 0 Å². The minimum atomic E-state index is 0.0316. The van der Waals surface area contributed by atoms with E-state index in [1.807, 2.05) is 18.3 Å². The van der Waals surface area contributed by atoms with Crippen LogP contribution in [0.15, 0.2) is 176 Å². The molecule has 4 heteroatoms. The van der Waals surface area contributed by atoms with E-state index in [9.17, 15) is 0 Å². The van der Waals surface area contributed by atoms with E-state index < -0.39 is 0 Å². The van der Waals surface area contributed by atoms with Crippen LogP contribution in [0.2, 0.25) is 0 Å². The van der Waals surface area contributed by atoms with Gasteiger partial charge in [-0.05, 0) is 102 Å². The van der Waals surface area contributed by atoms with Gasteiger partial charge in [0.15, 0.2) is 0 Å². The van der Waals surface area contributed by atoms with Gasteiger partial charge in [0.2, 0.25) is 0 Å². The average molecular weight is 635 g/mol. The molecule has 0 aliphatic carbocycles. The molecule has 0 aliphatic heterocycles. The molecule has 8 aromatic rings. The summed E-state index contributed by atoms with van der Waals surface area (Å²) in [6.07, 6.45) is 1.98. The topological polar surface area (TPSA) is 24.3 Å². The number of benzene rings is 6. The third-order valence-corrected chi connectivity index (χ3v) is 9.15. The maximum Gasteiger partial charge on any atom is 0.137 e. The second-order valence-corrected chi connectivity index (χ2v) is 13.4. The monoisotopic (exact) mass is 634 g/mol. The van der Waals surface area contributed by atoms with Crippen LogP contribution in [0.5, 0.6) is 0 Å². The fraction of sp³-hybridized carbons (Fsp3) is 0.0889. The summed E-state index contributed by atoms with van der Waals surface area (Å²) in [6.45, 7) is 6.83. The molecular weight excluding hydrogens is 597 g/mol. The van der Waals surface area contributed by atoms with Crippen molar-refractivity contribution in [2.75, 3.05) is 9.80 Å². The van der Waals surface area contributed by atoms with E-state index in [2.05, 4.69) is 193 Å². The fourth-order valence-electron chi connectivity index (χ4n) is 6.71. The highest BCUT2D eigenvalue weighted by Crippen LogP contribution is 2.41. The first kappa shape index (κ1) is 30.2. The third-order valence-electron chi connectivity index (χ3n) is 9.15. The van der Waals surface area contributed by atoms with Crippen LogP contribution in [0.4, 0.5) is 34.3 Å². The highest BCUT2D eigenvalue weighted by Gasteiger charge is 2.21. The number of anilines is 6. The molecule has 0 spiro atoms. The zero-order valence-electron chi connectivity index (χ0n) is 28.0. The molecule has 0 bridgehead atoms. The Kier molecular flexibility index (Phi) is 7.69. The number of para-hydroxylation sites is 4. The highest BCUT2D eigenvalue weighted by molar-refractivity contribution is 6.11. The minimum Gasteiger partial charge on any atom is -0.309 e. The molecule has 6 aromatic carbocycles. The molecular formula is C45H38N4. The second-order valence-electron chi connectivity index (χ2n) is 13.4. The maximum absolute atomic E-state index is 5.08. The van der Waals surface area contributed by atoms with Gasteiger partial charge in [-0.15, -0.1) is 0 Å². The molecule has 0 N–H and O–H groups in total. The Balaban J connectivity index is 1.29. The van der Waals surface area contributed by atoms with Crippen molar-refractivity contribution in [2.24, 2.45) is 0 Å². The largest absolute Gasteiger partial charge is 0.309 e. The van der Waals surface area contributed by atoms with E-state index in [1.165, 1.54) is 27.4 Å². The molecule has 49 heavy (non-hydrogen) atoms. The predicted octanol–water partition coefficient (Wildman–Crippen LogP) is 12.4. The number of hydrogen-bond donors (Lipinski definition) is 0. The summed E-state index contributed by atoms with van der Waals surface area (Å²) in [5, 5.41) is 2.46. The summed E-state index contributed by atoms with van der Waals surface area (Å²) in [5.41, 5.74) is 10.1. The van der Waals surface area contributed by atoms with E-state index >= 15 is 0 Å². The van der Waals surface area contributed by atoms with Crippen LogP contribution in [0, 0.1) is 0 Å². The molecule has 0 saturated heterocycles. The lowest BCUT2D eigenvalue weighted by atomic mass is 9.86. The Morgan fingerprint density at radius 1 is 0.449 bits per heavy atom. The molecule has 0 unspecified atom stereocenters. The average Bonchev–Trinajstić information content (AvgIpc) is 3.47. The van der Waals surface area contributed by atoms with Crippen LogP contribution in [-0.4, -0.2) is 9.55 Å². The number of nitrogens with zero attached hydrogens (tertiary/aromatic N) is 4. The van der Waals surface area contributed by atoms with Crippen LogP contribution in [0.25, 0.3) is 27.5 Å². The summed E-state index contributed by atoms with van der Waals surface area (Å²) in [5.74, 6) is 0.852. The van der Waals surface area contributed by atoms with E-state index in [1.54, 1.807) is 0 Å². The Morgan fingerprint density at radius 3 is 1.47 bits per heavy atom. The maximum atomic E-state index is 5.08. The number of rotatable bonds is 7. The number of aromatic nitrogens is 2. The van der Waals surface area contributed by atoms with Gasteiger partial charge in [-0.25, -0.2) is 4.98 Å². The van der Waals surface area contributed by atoms with Crippen molar-refractivity contribution < 1.29 is 0 Å². The van der Waals surface area contributed by atoms with E-state index in [0.717, 1.165) is 39.9 Å². The first-order valence-corrected chi connectivity index (χ1v) is 16.8. The molecule has 2 heterocycles. The summed E-state index contributed by atoms with van der Waals surface area (Å²) in [6, 6.07) is 60.0. The van der Waals surface area contributed by atoms with Crippen molar-refractivity contribution in [1.82, 2.24) is 9.55 Å². The highest BCUT2D eigenvalue weighted by atomic mass is 15.2. The first-order chi connectivity index (χ1) is 24.0. The standard InChI is InChI=1S/C45H38N4/c1-45(2,3)33-24-27-42-40(30-33)41-31-38(25-28-43(41)49(42)37-22-14-7-15-23-37)47(34-16-8-4-9-17-34)39-26-29-44(46-32-39)48(35-18-10-5-11-19-35)36-20-12-6-13-21-36/h4-32H,1-3H3. The van der Waals surface area contributed by atoms with Crippen molar-refractivity contribution in [2.45, 2.75) is 26.2 Å². The van der Waals surface area contributed by atoms with Gasteiger partial charge >= 0.3 is 0 Å². The first-order valence-electron chi connectivity index (χ1n) is 16.8. The molecule has 4 nitrogen and oxygen atoms in total.